The molecule has 1 unspecified atom stereocenters. The van der Waals surface area contributed by atoms with Crippen LogP contribution in [0.25, 0.3) is 0 Å². The minimum Gasteiger partial charge on any atom is -0.508 e. The Labute approximate surface area is 263 Å². The van der Waals surface area contributed by atoms with E-state index < -0.39 is 53.1 Å². The topological polar surface area (TPSA) is 249 Å². The zero-order valence-electron chi connectivity index (χ0n) is 23.9. The molecule has 6 N–H and O–H groups in total. The van der Waals surface area contributed by atoms with Crippen molar-refractivity contribution in [3.05, 3.63) is 41.1 Å². The Bertz CT molecular complexity index is 1530. The van der Waals surface area contributed by atoms with Crippen molar-refractivity contribution in [1.82, 2.24) is 46.0 Å². The number of nitrogens with one attached hydrogen (secondary N) is 3. The average molecular weight is 664 g/mol. The van der Waals surface area contributed by atoms with Crippen molar-refractivity contribution in [2.24, 2.45) is 7.05 Å². The Morgan fingerprint density at radius 1 is 1.11 bits per heavy atom. The molecule has 1 saturated heterocycles. The zero-order valence-corrected chi connectivity index (χ0v) is 25.5. The number of urea groups is 1. The second kappa shape index (κ2) is 14.3. The van der Waals surface area contributed by atoms with Crippen molar-refractivity contribution < 1.29 is 44.1 Å². The molecule has 0 aliphatic carbocycles. The number of amides is 5. The smallest absolute Gasteiger partial charge is 0.352 e. The van der Waals surface area contributed by atoms with Crippen molar-refractivity contribution in [3.8, 4) is 5.75 Å². The second-order valence-corrected chi connectivity index (χ2v) is 11.7. The molecular weight excluding hydrogens is 634 g/mol. The molecule has 3 atom stereocenters. The number of imide groups is 1. The molecule has 2 aliphatic rings. The lowest BCUT2D eigenvalue weighted by atomic mass is 10.1. The number of aryl methyl sites for hydroxylation is 1. The number of aromatic nitrogens is 4. The van der Waals surface area contributed by atoms with Gasteiger partial charge in [0, 0.05) is 38.2 Å². The molecule has 240 valence electrons. The van der Waals surface area contributed by atoms with Crippen LogP contribution in [-0.4, -0.2) is 124 Å². The Kier molecular flexibility index (Phi) is 10.5. The van der Waals surface area contributed by atoms with Crippen LogP contribution in [0.4, 0.5) is 4.79 Å². The molecular formula is C25H29N9O9S2. The van der Waals surface area contributed by atoms with Crippen LogP contribution in [0.15, 0.2) is 40.7 Å². The van der Waals surface area contributed by atoms with Crippen molar-refractivity contribution in [3.63, 3.8) is 0 Å². The largest absolute Gasteiger partial charge is 0.508 e. The highest BCUT2D eigenvalue weighted by molar-refractivity contribution is 8.00. The maximum atomic E-state index is 13.6. The maximum Gasteiger partial charge on any atom is 0.352 e. The molecule has 1 fully saturated rings. The monoisotopic (exact) mass is 663 g/mol. The average Bonchev–Trinajstić information content (AvgIpc) is 3.43. The van der Waals surface area contributed by atoms with Gasteiger partial charge in [-0.25, -0.2) is 19.1 Å². The van der Waals surface area contributed by atoms with Gasteiger partial charge in [-0.1, -0.05) is 23.9 Å². The highest BCUT2D eigenvalue weighted by atomic mass is 32.2. The molecule has 0 bridgehead atoms. The molecule has 18 nitrogen and oxygen atoms in total. The van der Waals surface area contributed by atoms with E-state index >= 15 is 0 Å². The molecule has 0 radical (unpaired) electrons. The van der Waals surface area contributed by atoms with Gasteiger partial charge in [-0.2, -0.15) is 0 Å². The standard InChI is InChI=1S/C25H29N9O9S2/c1-3-33-8-9-34(21(38)20(33)37)24(43)28-15(12-4-6-14(35)7-5-12)18(36)26-17(23(41)42)19-27-16(22(39)40)13(10-44-19)11-45-25-29-30-31-32(25)2/h4-7,15,17,19,27,35H,3,8-11H2,1-2H3,(H,26,36)(H,28,43)(H,39,40)(H,41,42)/t15-,17?,19-/m1/s1. The van der Waals surface area contributed by atoms with Crippen LogP contribution < -0.4 is 16.0 Å². The summed E-state index contributed by atoms with van der Waals surface area (Å²) >= 11 is 2.23. The lowest BCUT2D eigenvalue weighted by molar-refractivity contribution is -0.153. The van der Waals surface area contributed by atoms with Crippen LogP contribution in [0.2, 0.25) is 0 Å². The number of hydrogen-bond acceptors (Lipinski definition) is 13. The molecule has 0 spiro atoms. The number of benzene rings is 1. The molecule has 5 amide bonds. The number of rotatable bonds is 11. The number of tetrazole rings is 1. The number of nitrogens with zero attached hydrogens (tertiary/aromatic N) is 6. The van der Waals surface area contributed by atoms with E-state index in [0.29, 0.717) is 15.6 Å². The maximum absolute atomic E-state index is 13.6. The molecule has 45 heavy (non-hydrogen) atoms. The summed E-state index contributed by atoms with van der Waals surface area (Å²) in [5, 5.41) is 47.4. The summed E-state index contributed by atoms with van der Waals surface area (Å²) in [7, 11) is 1.62. The Morgan fingerprint density at radius 3 is 2.42 bits per heavy atom. The first-order valence-corrected chi connectivity index (χ1v) is 15.4. The fraction of sp³-hybridized carbons (Fsp3) is 0.400. The number of phenols is 1. The highest BCUT2D eigenvalue weighted by Crippen LogP contribution is 2.29. The number of piperazine rings is 1. The van der Waals surface area contributed by atoms with Gasteiger partial charge in [0.25, 0.3) is 0 Å². The summed E-state index contributed by atoms with van der Waals surface area (Å²) in [6.45, 7) is 1.90. The molecule has 20 heteroatoms. The fourth-order valence-corrected chi connectivity index (χ4v) is 6.59. The van der Waals surface area contributed by atoms with Gasteiger partial charge in [0.2, 0.25) is 11.1 Å². The van der Waals surface area contributed by atoms with Gasteiger partial charge in [-0.05, 0) is 40.6 Å². The van der Waals surface area contributed by atoms with Crippen molar-refractivity contribution in [1.29, 1.82) is 0 Å². The van der Waals surface area contributed by atoms with Crippen LogP contribution in [0.5, 0.6) is 5.75 Å². The predicted molar refractivity (Wildman–Crippen MR) is 156 cm³/mol. The van der Waals surface area contributed by atoms with E-state index in [1.165, 1.54) is 45.6 Å². The number of likely N-dealkylation sites (N-methyl/N-ethyl adjacent to an activating group) is 1. The number of thioether (sulfide) groups is 2. The van der Waals surface area contributed by atoms with Crippen LogP contribution in [-0.2, 0) is 31.0 Å². The third-order valence-corrected chi connectivity index (χ3v) is 9.17. The quantitative estimate of drug-likeness (QED) is 0.121. The Balaban J connectivity index is 1.53. The van der Waals surface area contributed by atoms with Crippen molar-refractivity contribution in [2.75, 3.05) is 31.1 Å². The van der Waals surface area contributed by atoms with Crippen LogP contribution >= 0.6 is 23.5 Å². The molecule has 2 aliphatic heterocycles. The van der Waals surface area contributed by atoms with Crippen molar-refractivity contribution in [2.45, 2.75) is 29.5 Å². The minimum absolute atomic E-state index is 0.0889. The van der Waals surface area contributed by atoms with Gasteiger partial charge in [0.05, 0.1) is 0 Å². The first kappa shape index (κ1) is 33.1. The number of carbonyl (C=O) groups is 6. The number of aliphatic carboxylic acids is 2. The number of carbonyl (C=O) groups excluding carboxylic acids is 4. The summed E-state index contributed by atoms with van der Waals surface area (Å²) in [4.78, 5) is 77.9. The summed E-state index contributed by atoms with van der Waals surface area (Å²) in [6.07, 6.45) is 0. The summed E-state index contributed by atoms with van der Waals surface area (Å²) < 4.78 is 1.41. The van der Waals surface area contributed by atoms with E-state index in [0.717, 1.165) is 11.8 Å². The fourth-order valence-electron chi connectivity index (χ4n) is 4.39. The van der Waals surface area contributed by atoms with Gasteiger partial charge >= 0.3 is 29.8 Å². The predicted octanol–water partition coefficient (Wildman–Crippen LogP) is -1.28. The first-order valence-electron chi connectivity index (χ1n) is 13.3. The van der Waals surface area contributed by atoms with E-state index in [1.54, 1.807) is 14.0 Å². The van der Waals surface area contributed by atoms with Crippen molar-refractivity contribution >= 4 is 59.2 Å². The third-order valence-electron chi connectivity index (χ3n) is 6.81. The molecule has 3 heterocycles. The molecule has 1 aromatic heterocycles. The third kappa shape index (κ3) is 7.63. The van der Waals surface area contributed by atoms with E-state index in [1.807, 2.05) is 0 Å². The first-order chi connectivity index (χ1) is 21.4. The molecule has 2 aromatic rings. The van der Waals surface area contributed by atoms with Crippen LogP contribution in [0.1, 0.15) is 18.5 Å². The Morgan fingerprint density at radius 2 is 1.82 bits per heavy atom. The SMILES string of the molecule is CCN1CCN(C(=O)N[C@@H](C(=O)NC(C(=O)O)[C@@H]2NC(C(=O)O)=C(CSc3nnnn3C)CS2)c2ccc(O)cc2)C(=O)C1=O. The van der Waals surface area contributed by atoms with E-state index in [-0.39, 0.29) is 48.1 Å². The normalized spacial score (nSPS) is 18.2. The van der Waals surface area contributed by atoms with E-state index in [4.69, 9.17) is 0 Å². The van der Waals surface area contributed by atoms with Gasteiger partial charge < -0.3 is 36.2 Å². The number of phenolic OH excluding ortho intramolecular Hbond substituents is 1. The zero-order chi connectivity index (χ0) is 32.8. The number of aromatic hydroxyl groups is 1. The molecule has 4 rings (SSSR count). The highest BCUT2D eigenvalue weighted by Gasteiger charge is 2.40. The lowest BCUT2D eigenvalue weighted by Gasteiger charge is -2.34. The number of hydrogen-bond donors (Lipinski definition) is 6. The summed E-state index contributed by atoms with van der Waals surface area (Å²) in [5.74, 6) is -5.66. The minimum atomic E-state index is -1.68. The Hall–Kier alpha value is -4.85. The number of carboxylic acid groups (broad SMARTS) is 2. The summed E-state index contributed by atoms with van der Waals surface area (Å²) in [5.41, 5.74) is 0.338. The van der Waals surface area contributed by atoms with E-state index in [2.05, 4.69) is 31.5 Å². The van der Waals surface area contributed by atoms with E-state index in [9.17, 15) is 44.1 Å². The molecule has 1 aromatic carbocycles. The van der Waals surface area contributed by atoms with Gasteiger partial charge in [-0.15, -0.1) is 16.9 Å². The number of carboxylic acids is 2. The summed E-state index contributed by atoms with van der Waals surface area (Å²) in [6, 6.07) is 0.795. The lowest BCUT2D eigenvalue weighted by Crippen LogP contribution is -2.60. The van der Waals surface area contributed by atoms with Gasteiger partial charge in [0.1, 0.15) is 22.9 Å². The van der Waals surface area contributed by atoms with Gasteiger partial charge in [0.15, 0.2) is 6.04 Å². The second-order valence-electron chi connectivity index (χ2n) is 9.67. The van der Waals surface area contributed by atoms with Crippen LogP contribution in [0, 0.1) is 0 Å². The van der Waals surface area contributed by atoms with Gasteiger partial charge in [-0.3, -0.25) is 19.3 Å². The molecule has 0 saturated carbocycles. The van der Waals surface area contributed by atoms with Crippen LogP contribution in [0.3, 0.4) is 0 Å².